The molecule has 0 unspecified atom stereocenters. The SMILES string of the molecule is Nc1cccc(CS(=O)(=O)c2ccccc2Cl)c1F. The summed E-state index contributed by atoms with van der Waals surface area (Å²) in [7, 11) is -3.71. The van der Waals surface area contributed by atoms with Crippen LogP contribution in [0.15, 0.2) is 47.4 Å². The van der Waals surface area contributed by atoms with Crippen LogP contribution in [0.5, 0.6) is 0 Å². The second-order valence-electron chi connectivity index (χ2n) is 4.01. The van der Waals surface area contributed by atoms with Gasteiger partial charge in [-0.05, 0) is 18.2 Å². The van der Waals surface area contributed by atoms with E-state index in [1.54, 1.807) is 12.1 Å². The molecule has 100 valence electrons. The van der Waals surface area contributed by atoms with E-state index in [2.05, 4.69) is 0 Å². The highest BCUT2D eigenvalue weighted by Gasteiger charge is 2.20. The zero-order valence-corrected chi connectivity index (χ0v) is 11.4. The molecule has 19 heavy (non-hydrogen) atoms. The molecule has 2 N–H and O–H groups in total. The second-order valence-corrected chi connectivity index (χ2v) is 6.38. The molecule has 2 rings (SSSR count). The van der Waals surface area contributed by atoms with Gasteiger partial charge < -0.3 is 5.73 Å². The fraction of sp³-hybridized carbons (Fsp3) is 0.0769. The molecule has 0 aliphatic heterocycles. The van der Waals surface area contributed by atoms with Gasteiger partial charge in [-0.3, -0.25) is 0 Å². The standard InChI is InChI=1S/C13H11ClFNO2S/c14-10-5-1-2-7-12(10)19(17,18)8-9-4-3-6-11(16)13(9)15/h1-7H,8,16H2. The number of sulfone groups is 1. The number of hydrogen-bond donors (Lipinski definition) is 1. The van der Waals surface area contributed by atoms with Crippen molar-refractivity contribution >= 4 is 27.1 Å². The molecule has 3 nitrogen and oxygen atoms in total. The summed E-state index contributed by atoms with van der Waals surface area (Å²) in [5, 5.41) is 0.117. The molecule has 0 aliphatic rings. The van der Waals surface area contributed by atoms with Crippen LogP contribution in [0.2, 0.25) is 5.02 Å². The molecular weight excluding hydrogens is 289 g/mol. The van der Waals surface area contributed by atoms with Crippen LogP contribution in [0.25, 0.3) is 0 Å². The summed E-state index contributed by atoms with van der Waals surface area (Å²) in [5.74, 6) is -1.19. The predicted molar refractivity (Wildman–Crippen MR) is 73.2 cm³/mol. The van der Waals surface area contributed by atoms with Crippen molar-refractivity contribution in [2.45, 2.75) is 10.6 Å². The van der Waals surface area contributed by atoms with Crippen molar-refractivity contribution in [3.05, 3.63) is 58.9 Å². The van der Waals surface area contributed by atoms with Crippen LogP contribution in [0.1, 0.15) is 5.56 Å². The molecule has 0 bridgehead atoms. The minimum absolute atomic E-state index is 0.0153. The van der Waals surface area contributed by atoms with Gasteiger partial charge in [0.15, 0.2) is 9.84 Å². The fourth-order valence-corrected chi connectivity index (χ4v) is 3.62. The third-order valence-corrected chi connectivity index (χ3v) is 4.78. The zero-order valence-electron chi connectivity index (χ0n) is 9.81. The summed E-state index contributed by atoms with van der Waals surface area (Å²) in [6, 6.07) is 10.3. The number of halogens is 2. The summed E-state index contributed by atoms with van der Waals surface area (Å²) >= 11 is 5.85. The maximum absolute atomic E-state index is 13.7. The molecule has 0 saturated carbocycles. The van der Waals surface area contributed by atoms with Crippen LogP contribution < -0.4 is 5.73 Å². The lowest BCUT2D eigenvalue weighted by Crippen LogP contribution is -2.08. The number of hydrogen-bond acceptors (Lipinski definition) is 3. The van der Waals surface area contributed by atoms with Gasteiger partial charge in [0, 0.05) is 5.56 Å². The minimum atomic E-state index is -3.71. The monoisotopic (exact) mass is 299 g/mol. The Hall–Kier alpha value is -1.59. The molecule has 0 fully saturated rings. The fourth-order valence-electron chi connectivity index (χ4n) is 1.69. The Bertz CT molecular complexity index is 716. The van der Waals surface area contributed by atoms with E-state index in [0.717, 1.165) is 0 Å². The predicted octanol–water partition coefficient (Wildman–Crippen LogP) is 3.04. The van der Waals surface area contributed by atoms with Gasteiger partial charge in [-0.1, -0.05) is 35.9 Å². The molecule has 0 amide bonds. The third-order valence-electron chi connectivity index (χ3n) is 2.63. The minimum Gasteiger partial charge on any atom is -0.396 e. The molecule has 6 heteroatoms. The highest BCUT2D eigenvalue weighted by atomic mass is 35.5. The number of anilines is 1. The summed E-state index contributed by atoms with van der Waals surface area (Å²) in [5.41, 5.74) is 5.36. The van der Waals surface area contributed by atoms with E-state index >= 15 is 0 Å². The van der Waals surface area contributed by atoms with Crippen LogP contribution in [0.4, 0.5) is 10.1 Å². The molecule has 0 spiro atoms. The average molecular weight is 300 g/mol. The first kappa shape index (κ1) is 13.8. The number of benzene rings is 2. The molecule has 0 saturated heterocycles. The van der Waals surface area contributed by atoms with Crippen molar-refractivity contribution in [1.82, 2.24) is 0 Å². The molecule has 0 radical (unpaired) electrons. The van der Waals surface area contributed by atoms with Gasteiger partial charge in [-0.25, -0.2) is 12.8 Å². The topological polar surface area (TPSA) is 60.2 Å². The number of nitrogen functional groups attached to an aromatic ring is 1. The quantitative estimate of drug-likeness (QED) is 0.886. The summed E-state index contributed by atoms with van der Waals surface area (Å²) in [6.07, 6.45) is 0. The highest BCUT2D eigenvalue weighted by Crippen LogP contribution is 2.26. The summed E-state index contributed by atoms with van der Waals surface area (Å²) < 4.78 is 38.1. The first-order valence-electron chi connectivity index (χ1n) is 5.42. The van der Waals surface area contributed by atoms with Crippen LogP contribution in [0.3, 0.4) is 0 Å². The van der Waals surface area contributed by atoms with E-state index in [9.17, 15) is 12.8 Å². The van der Waals surface area contributed by atoms with Crippen molar-refractivity contribution in [3.8, 4) is 0 Å². The molecule has 0 atom stereocenters. The Balaban J connectivity index is 2.43. The molecule has 0 aromatic heterocycles. The third kappa shape index (κ3) is 2.88. The van der Waals surface area contributed by atoms with Crippen LogP contribution >= 0.6 is 11.6 Å². The van der Waals surface area contributed by atoms with E-state index in [1.807, 2.05) is 0 Å². The lowest BCUT2D eigenvalue weighted by molar-refractivity contribution is 0.588. The van der Waals surface area contributed by atoms with Gasteiger partial charge in [0.25, 0.3) is 0 Å². The van der Waals surface area contributed by atoms with E-state index in [4.69, 9.17) is 17.3 Å². The van der Waals surface area contributed by atoms with Gasteiger partial charge in [0.1, 0.15) is 5.82 Å². The lowest BCUT2D eigenvalue weighted by Gasteiger charge is -2.08. The maximum Gasteiger partial charge on any atom is 0.184 e. The first-order chi connectivity index (χ1) is 8.92. The Kier molecular flexibility index (Phi) is 3.78. The Labute approximate surface area is 115 Å². The van der Waals surface area contributed by atoms with Crippen molar-refractivity contribution in [3.63, 3.8) is 0 Å². The van der Waals surface area contributed by atoms with Crippen LogP contribution in [-0.4, -0.2) is 8.42 Å². The van der Waals surface area contributed by atoms with E-state index in [-0.39, 0.29) is 21.2 Å². The van der Waals surface area contributed by atoms with Crippen LogP contribution in [0, 0.1) is 5.82 Å². The smallest absolute Gasteiger partial charge is 0.184 e. The summed E-state index contributed by atoms with van der Waals surface area (Å²) in [6.45, 7) is 0. The largest absolute Gasteiger partial charge is 0.396 e. The zero-order chi connectivity index (χ0) is 14.0. The number of rotatable bonds is 3. The Morgan fingerprint density at radius 1 is 1.11 bits per heavy atom. The van der Waals surface area contributed by atoms with Gasteiger partial charge >= 0.3 is 0 Å². The Morgan fingerprint density at radius 2 is 1.79 bits per heavy atom. The van der Waals surface area contributed by atoms with Gasteiger partial charge in [0.2, 0.25) is 0 Å². The Morgan fingerprint density at radius 3 is 2.47 bits per heavy atom. The summed E-state index contributed by atoms with van der Waals surface area (Å²) in [4.78, 5) is -0.0153. The molecular formula is C13H11ClFNO2S. The first-order valence-corrected chi connectivity index (χ1v) is 7.45. The molecule has 2 aromatic rings. The molecule has 0 aliphatic carbocycles. The van der Waals surface area contributed by atoms with E-state index in [0.29, 0.717) is 0 Å². The lowest BCUT2D eigenvalue weighted by atomic mass is 10.2. The van der Waals surface area contributed by atoms with Crippen LogP contribution in [-0.2, 0) is 15.6 Å². The van der Waals surface area contributed by atoms with Crippen molar-refractivity contribution in [2.75, 3.05) is 5.73 Å². The van der Waals surface area contributed by atoms with Gasteiger partial charge in [-0.2, -0.15) is 0 Å². The van der Waals surface area contributed by atoms with E-state index in [1.165, 1.54) is 30.3 Å². The molecule has 2 aromatic carbocycles. The van der Waals surface area contributed by atoms with Gasteiger partial charge in [-0.15, -0.1) is 0 Å². The average Bonchev–Trinajstić information content (AvgIpc) is 2.35. The highest BCUT2D eigenvalue weighted by molar-refractivity contribution is 7.90. The van der Waals surface area contributed by atoms with Crippen molar-refractivity contribution in [2.24, 2.45) is 0 Å². The van der Waals surface area contributed by atoms with Crippen molar-refractivity contribution in [1.29, 1.82) is 0 Å². The van der Waals surface area contributed by atoms with Gasteiger partial charge in [0.05, 0.1) is 21.4 Å². The van der Waals surface area contributed by atoms with E-state index < -0.39 is 21.4 Å². The number of nitrogens with two attached hydrogens (primary N) is 1. The normalized spacial score (nSPS) is 11.5. The second kappa shape index (κ2) is 5.19. The maximum atomic E-state index is 13.7. The van der Waals surface area contributed by atoms with Crippen molar-refractivity contribution < 1.29 is 12.8 Å². The molecule has 0 heterocycles.